The van der Waals surface area contributed by atoms with E-state index in [4.69, 9.17) is 4.74 Å². The summed E-state index contributed by atoms with van der Waals surface area (Å²) in [5.74, 6) is -0.535. The van der Waals surface area contributed by atoms with Crippen molar-refractivity contribution in [1.82, 2.24) is 24.6 Å². The molecule has 2 aromatic heterocycles. The van der Waals surface area contributed by atoms with Gasteiger partial charge in [-0.15, -0.1) is 0 Å². The van der Waals surface area contributed by atoms with Gasteiger partial charge in [-0.3, -0.25) is 14.3 Å². The summed E-state index contributed by atoms with van der Waals surface area (Å²) in [5, 5.41) is 7.70. The first-order valence-electron chi connectivity index (χ1n) is 12.0. The standard InChI is InChI=1S/C25H29F3N6O3/c1-4-37-21-13-19-16(12-20(21)30-24(36)18-6-5-7-22(29-18)25(26,27)28)14-34(31-19)15-23(35)33-10-8-17(9-11-33)32(2)3/h5-7,12-14,17H,4,8-11,15H2,1-3H3,(H,30,36). The molecular formula is C25H29F3N6O3. The third-order valence-electron chi connectivity index (χ3n) is 6.32. The number of nitrogens with zero attached hydrogens (tertiary/aromatic N) is 5. The van der Waals surface area contributed by atoms with E-state index < -0.39 is 17.8 Å². The van der Waals surface area contributed by atoms with E-state index in [1.165, 1.54) is 6.07 Å². The zero-order valence-corrected chi connectivity index (χ0v) is 20.9. The van der Waals surface area contributed by atoms with Gasteiger partial charge in [0.2, 0.25) is 5.91 Å². The topological polar surface area (TPSA) is 92.6 Å². The highest BCUT2D eigenvalue weighted by Crippen LogP contribution is 2.31. The number of nitrogens with one attached hydrogen (secondary N) is 1. The number of halogens is 3. The number of piperidine rings is 1. The molecule has 3 aromatic rings. The van der Waals surface area contributed by atoms with Gasteiger partial charge < -0.3 is 19.9 Å². The zero-order valence-electron chi connectivity index (χ0n) is 20.9. The summed E-state index contributed by atoms with van der Waals surface area (Å²) in [6, 6.07) is 6.83. The van der Waals surface area contributed by atoms with E-state index in [0.717, 1.165) is 25.0 Å². The van der Waals surface area contributed by atoms with Crippen LogP contribution >= 0.6 is 0 Å². The van der Waals surface area contributed by atoms with E-state index in [9.17, 15) is 22.8 Å². The van der Waals surface area contributed by atoms with Crippen molar-refractivity contribution in [2.24, 2.45) is 0 Å². The number of carbonyl (C=O) groups excluding carboxylic acids is 2. The number of carbonyl (C=O) groups is 2. The highest BCUT2D eigenvalue weighted by Gasteiger charge is 2.33. The monoisotopic (exact) mass is 518 g/mol. The third kappa shape index (κ3) is 6.19. The maximum Gasteiger partial charge on any atom is 0.433 e. The first-order chi connectivity index (χ1) is 17.5. The van der Waals surface area contributed by atoms with E-state index in [0.29, 0.717) is 35.8 Å². The van der Waals surface area contributed by atoms with Gasteiger partial charge in [0.15, 0.2) is 0 Å². The van der Waals surface area contributed by atoms with Crippen LogP contribution in [0.25, 0.3) is 10.9 Å². The van der Waals surface area contributed by atoms with Crippen LogP contribution in [0.1, 0.15) is 35.9 Å². The fourth-order valence-electron chi connectivity index (χ4n) is 4.33. The lowest BCUT2D eigenvalue weighted by Gasteiger charge is -2.35. The molecule has 0 spiro atoms. The summed E-state index contributed by atoms with van der Waals surface area (Å²) in [5.41, 5.74) is -0.720. The molecule has 3 heterocycles. The Morgan fingerprint density at radius 1 is 1.19 bits per heavy atom. The molecule has 0 atom stereocenters. The first-order valence-corrected chi connectivity index (χ1v) is 12.0. The van der Waals surface area contributed by atoms with E-state index in [-0.39, 0.29) is 30.4 Å². The highest BCUT2D eigenvalue weighted by molar-refractivity contribution is 6.05. The average molecular weight is 519 g/mol. The van der Waals surface area contributed by atoms with Gasteiger partial charge >= 0.3 is 6.18 Å². The second kappa shape index (κ2) is 10.8. The van der Waals surface area contributed by atoms with Crippen molar-refractivity contribution in [3.05, 3.63) is 47.9 Å². The second-order valence-corrected chi connectivity index (χ2v) is 9.10. The third-order valence-corrected chi connectivity index (χ3v) is 6.32. The summed E-state index contributed by atoms with van der Waals surface area (Å²) in [6.07, 6.45) is -1.14. The van der Waals surface area contributed by atoms with E-state index in [2.05, 4.69) is 20.3 Å². The predicted octanol–water partition coefficient (Wildman–Crippen LogP) is 3.65. The maximum absolute atomic E-state index is 13.0. The average Bonchev–Trinajstić information content (AvgIpc) is 3.24. The summed E-state index contributed by atoms with van der Waals surface area (Å²) in [6.45, 7) is 3.51. The minimum absolute atomic E-state index is 0.0285. The molecule has 1 aliphatic rings. The Morgan fingerprint density at radius 3 is 2.57 bits per heavy atom. The van der Waals surface area contributed by atoms with Crippen LogP contribution in [0.4, 0.5) is 18.9 Å². The lowest BCUT2D eigenvalue weighted by Crippen LogP contribution is -2.45. The SMILES string of the molecule is CCOc1cc2nn(CC(=O)N3CCC(N(C)C)CC3)cc2cc1NC(=O)c1cccc(C(F)(F)F)n1. The van der Waals surface area contributed by atoms with Crippen molar-refractivity contribution >= 4 is 28.4 Å². The predicted molar refractivity (Wildman–Crippen MR) is 131 cm³/mol. The van der Waals surface area contributed by atoms with Gasteiger partial charge in [0.25, 0.3) is 5.91 Å². The molecule has 0 saturated carbocycles. The van der Waals surface area contributed by atoms with Gasteiger partial charge in [-0.2, -0.15) is 18.3 Å². The summed E-state index contributed by atoms with van der Waals surface area (Å²) < 4.78 is 46.2. The van der Waals surface area contributed by atoms with Crippen molar-refractivity contribution in [2.45, 2.75) is 38.5 Å². The van der Waals surface area contributed by atoms with Crippen LogP contribution in [-0.4, -0.2) is 76.2 Å². The first kappa shape index (κ1) is 26.4. The Labute approximate surface area is 212 Å². The minimum atomic E-state index is -4.67. The molecule has 9 nitrogen and oxygen atoms in total. The Kier molecular flexibility index (Phi) is 7.67. The number of benzene rings is 1. The van der Waals surface area contributed by atoms with Crippen molar-refractivity contribution in [3.63, 3.8) is 0 Å². The van der Waals surface area contributed by atoms with Crippen LogP contribution < -0.4 is 10.1 Å². The number of ether oxygens (including phenoxy) is 1. The fourth-order valence-corrected chi connectivity index (χ4v) is 4.33. The zero-order chi connectivity index (χ0) is 26.7. The molecule has 0 aliphatic carbocycles. The van der Waals surface area contributed by atoms with Gasteiger partial charge in [0, 0.05) is 36.8 Å². The minimum Gasteiger partial charge on any atom is -0.492 e. The number of alkyl halides is 3. The van der Waals surface area contributed by atoms with E-state index in [1.54, 1.807) is 29.9 Å². The van der Waals surface area contributed by atoms with Crippen LogP contribution in [0.2, 0.25) is 0 Å². The smallest absolute Gasteiger partial charge is 0.433 e. The molecule has 198 valence electrons. The molecule has 1 saturated heterocycles. The Morgan fingerprint density at radius 2 is 1.92 bits per heavy atom. The van der Waals surface area contributed by atoms with Crippen LogP contribution in [0.5, 0.6) is 5.75 Å². The summed E-state index contributed by atoms with van der Waals surface area (Å²) in [7, 11) is 4.08. The number of pyridine rings is 1. The second-order valence-electron chi connectivity index (χ2n) is 9.10. The van der Waals surface area contributed by atoms with Crippen molar-refractivity contribution in [1.29, 1.82) is 0 Å². The molecule has 1 aliphatic heterocycles. The molecule has 0 radical (unpaired) electrons. The molecule has 2 amide bonds. The number of likely N-dealkylation sites (tertiary alicyclic amines) is 1. The number of fused-ring (bicyclic) bond motifs is 1. The molecule has 1 aromatic carbocycles. The number of amides is 2. The van der Waals surface area contributed by atoms with Gasteiger partial charge in [-0.25, -0.2) is 4.98 Å². The quantitative estimate of drug-likeness (QED) is 0.513. The Hall–Kier alpha value is -3.67. The molecule has 37 heavy (non-hydrogen) atoms. The van der Waals surface area contributed by atoms with Crippen LogP contribution in [0.3, 0.4) is 0 Å². The van der Waals surface area contributed by atoms with E-state index >= 15 is 0 Å². The van der Waals surface area contributed by atoms with Crippen LogP contribution in [0.15, 0.2) is 36.5 Å². The van der Waals surface area contributed by atoms with Gasteiger partial charge in [-0.1, -0.05) is 6.07 Å². The van der Waals surface area contributed by atoms with Gasteiger partial charge in [0.05, 0.1) is 17.8 Å². The lowest BCUT2D eigenvalue weighted by molar-refractivity contribution is -0.141. The van der Waals surface area contributed by atoms with Crippen molar-refractivity contribution in [2.75, 3.05) is 39.1 Å². The normalized spacial score (nSPS) is 14.8. The molecule has 12 heteroatoms. The van der Waals surface area contributed by atoms with Crippen molar-refractivity contribution < 1.29 is 27.5 Å². The fraction of sp³-hybridized carbons (Fsp3) is 0.440. The molecule has 0 bridgehead atoms. The Bertz CT molecular complexity index is 1280. The molecule has 1 N–H and O–H groups in total. The number of hydrogen-bond donors (Lipinski definition) is 1. The number of rotatable bonds is 7. The van der Waals surface area contributed by atoms with Gasteiger partial charge in [-0.05, 0) is 52.1 Å². The molecule has 1 fully saturated rings. The molecule has 0 unspecified atom stereocenters. The summed E-state index contributed by atoms with van der Waals surface area (Å²) >= 11 is 0. The summed E-state index contributed by atoms with van der Waals surface area (Å²) in [4.78, 5) is 33.0. The number of anilines is 1. The molecule has 4 rings (SSSR count). The maximum atomic E-state index is 13.0. The molecular weight excluding hydrogens is 489 g/mol. The van der Waals surface area contributed by atoms with Crippen molar-refractivity contribution in [3.8, 4) is 5.75 Å². The van der Waals surface area contributed by atoms with E-state index in [1.807, 2.05) is 19.0 Å². The Balaban J connectivity index is 1.52. The number of hydrogen-bond acceptors (Lipinski definition) is 6. The highest BCUT2D eigenvalue weighted by atomic mass is 19.4. The van der Waals surface area contributed by atoms with Gasteiger partial charge in [0.1, 0.15) is 23.7 Å². The largest absolute Gasteiger partial charge is 0.492 e. The van der Waals surface area contributed by atoms with Crippen LogP contribution in [-0.2, 0) is 17.5 Å². The number of aromatic nitrogens is 3. The lowest BCUT2D eigenvalue weighted by atomic mass is 10.0. The van der Waals surface area contributed by atoms with Crippen LogP contribution in [0, 0.1) is 0 Å².